The van der Waals surface area contributed by atoms with E-state index >= 15 is 0 Å². The summed E-state index contributed by atoms with van der Waals surface area (Å²) in [6, 6.07) is 5.83. The average molecular weight is 313 g/mol. The number of rotatable bonds is 8. The van der Waals surface area contributed by atoms with Gasteiger partial charge in [0, 0.05) is 26.4 Å². The number of benzene rings is 1. The number of nitrogens with zero attached hydrogens (tertiary/aromatic N) is 1. The molecule has 2 rings (SSSR count). The third-order valence-corrected chi connectivity index (χ3v) is 3.71. The van der Waals surface area contributed by atoms with E-state index in [0.29, 0.717) is 24.0 Å². The summed E-state index contributed by atoms with van der Waals surface area (Å²) in [6.07, 6.45) is 1.80. The van der Waals surface area contributed by atoms with Crippen LogP contribution < -0.4 is 10.1 Å². The first kappa shape index (κ1) is 15.3. The molecule has 0 aliphatic rings. The van der Waals surface area contributed by atoms with Gasteiger partial charge >= 0.3 is 0 Å². The molecular weight excluding hydrogens is 296 g/mol. The normalized spacial score (nSPS) is 10.7. The highest BCUT2D eigenvalue weighted by molar-refractivity contribution is 7.09. The molecule has 1 heterocycles. The first-order chi connectivity index (χ1) is 9.79. The van der Waals surface area contributed by atoms with Crippen LogP contribution in [0.5, 0.6) is 5.75 Å². The fourth-order valence-corrected chi connectivity index (χ4v) is 2.40. The zero-order valence-electron chi connectivity index (χ0n) is 11.3. The number of thiazole rings is 1. The standard InChI is InChI=1S/C14H17ClN2O2S/c1-18-5-4-16-7-11-2-3-14(13(15)6-11)19-9-12-8-17-10-20-12/h2-3,6,8,10,16H,4-5,7,9H2,1H3. The molecule has 20 heavy (non-hydrogen) atoms. The molecule has 4 nitrogen and oxygen atoms in total. The third-order valence-electron chi connectivity index (χ3n) is 2.66. The number of aromatic nitrogens is 1. The number of hydrogen-bond acceptors (Lipinski definition) is 5. The van der Waals surface area contributed by atoms with Crippen molar-refractivity contribution >= 4 is 22.9 Å². The van der Waals surface area contributed by atoms with Crippen molar-refractivity contribution in [3.05, 3.63) is 45.4 Å². The van der Waals surface area contributed by atoms with Gasteiger partial charge in [0.2, 0.25) is 0 Å². The van der Waals surface area contributed by atoms with E-state index in [1.165, 1.54) is 0 Å². The van der Waals surface area contributed by atoms with Gasteiger partial charge in [0.15, 0.2) is 0 Å². The van der Waals surface area contributed by atoms with Crippen molar-refractivity contribution in [2.45, 2.75) is 13.2 Å². The summed E-state index contributed by atoms with van der Waals surface area (Å²) in [5.74, 6) is 0.695. The predicted octanol–water partition coefficient (Wildman–Crippen LogP) is 3.11. The van der Waals surface area contributed by atoms with E-state index in [1.54, 1.807) is 30.2 Å². The van der Waals surface area contributed by atoms with Crippen LogP contribution in [-0.2, 0) is 17.9 Å². The lowest BCUT2D eigenvalue weighted by Crippen LogP contribution is -2.18. The monoisotopic (exact) mass is 312 g/mol. The van der Waals surface area contributed by atoms with Gasteiger partial charge < -0.3 is 14.8 Å². The van der Waals surface area contributed by atoms with Gasteiger partial charge in [0.05, 0.1) is 22.0 Å². The molecule has 1 aromatic carbocycles. The Balaban J connectivity index is 1.85. The Kier molecular flexibility index (Phi) is 6.26. The van der Waals surface area contributed by atoms with Gasteiger partial charge in [-0.05, 0) is 17.7 Å². The van der Waals surface area contributed by atoms with E-state index in [1.807, 2.05) is 18.2 Å². The molecule has 0 amide bonds. The highest BCUT2D eigenvalue weighted by atomic mass is 35.5. The van der Waals surface area contributed by atoms with Crippen LogP contribution in [0.3, 0.4) is 0 Å². The quantitative estimate of drug-likeness (QED) is 0.761. The smallest absolute Gasteiger partial charge is 0.138 e. The van der Waals surface area contributed by atoms with Crippen LogP contribution in [-0.4, -0.2) is 25.2 Å². The first-order valence-corrected chi connectivity index (χ1v) is 7.53. The van der Waals surface area contributed by atoms with Gasteiger partial charge in [-0.1, -0.05) is 17.7 Å². The maximum absolute atomic E-state index is 6.22. The van der Waals surface area contributed by atoms with E-state index in [2.05, 4.69) is 10.3 Å². The number of ether oxygens (including phenoxy) is 2. The first-order valence-electron chi connectivity index (χ1n) is 6.28. The fourth-order valence-electron chi connectivity index (χ4n) is 1.64. The van der Waals surface area contributed by atoms with Crippen molar-refractivity contribution < 1.29 is 9.47 Å². The van der Waals surface area contributed by atoms with Crippen molar-refractivity contribution in [3.8, 4) is 5.75 Å². The maximum atomic E-state index is 6.22. The summed E-state index contributed by atoms with van der Waals surface area (Å²) in [7, 11) is 1.69. The van der Waals surface area contributed by atoms with E-state index in [0.717, 1.165) is 23.5 Å². The lowest BCUT2D eigenvalue weighted by Gasteiger charge is -2.09. The molecule has 0 atom stereocenters. The fraction of sp³-hybridized carbons (Fsp3) is 0.357. The number of nitrogens with one attached hydrogen (secondary N) is 1. The van der Waals surface area contributed by atoms with Crippen LogP contribution >= 0.6 is 22.9 Å². The molecular formula is C14H17ClN2O2S. The van der Waals surface area contributed by atoms with Crippen molar-refractivity contribution in [1.82, 2.24) is 10.3 Å². The van der Waals surface area contributed by atoms with Gasteiger partial charge in [0.1, 0.15) is 12.4 Å². The largest absolute Gasteiger partial charge is 0.486 e. The maximum Gasteiger partial charge on any atom is 0.138 e. The van der Waals surface area contributed by atoms with E-state index in [9.17, 15) is 0 Å². The molecule has 0 bridgehead atoms. The van der Waals surface area contributed by atoms with Crippen LogP contribution in [0.4, 0.5) is 0 Å². The number of hydrogen-bond donors (Lipinski definition) is 1. The molecule has 0 unspecified atom stereocenters. The Bertz CT molecular complexity index is 520. The van der Waals surface area contributed by atoms with E-state index in [-0.39, 0.29) is 0 Å². The minimum Gasteiger partial charge on any atom is -0.486 e. The molecule has 0 saturated heterocycles. The molecule has 0 fully saturated rings. The van der Waals surface area contributed by atoms with Crippen molar-refractivity contribution in [3.63, 3.8) is 0 Å². The summed E-state index contributed by atoms with van der Waals surface area (Å²) in [5, 5.41) is 3.90. The van der Waals surface area contributed by atoms with Crippen LogP contribution in [0.2, 0.25) is 5.02 Å². The van der Waals surface area contributed by atoms with Crippen molar-refractivity contribution in [2.24, 2.45) is 0 Å². The summed E-state index contributed by atoms with van der Waals surface area (Å²) >= 11 is 7.79. The van der Waals surface area contributed by atoms with Gasteiger partial charge in [0.25, 0.3) is 0 Å². The second-order valence-electron chi connectivity index (χ2n) is 4.19. The predicted molar refractivity (Wildman–Crippen MR) is 81.5 cm³/mol. The highest BCUT2D eigenvalue weighted by Gasteiger charge is 2.04. The van der Waals surface area contributed by atoms with E-state index < -0.39 is 0 Å². The minimum atomic E-state index is 0.496. The Morgan fingerprint density at radius 1 is 1.40 bits per heavy atom. The Morgan fingerprint density at radius 3 is 3.00 bits per heavy atom. The molecule has 0 aliphatic heterocycles. The average Bonchev–Trinajstić information content (AvgIpc) is 2.96. The minimum absolute atomic E-state index is 0.496. The second kappa shape index (κ2) is 8.21. The third kappa shape index (κ3) is 4.76. The van der Waals surface area contributed by atoms with Crippen molar-refractivity contribution in [1.29, 1.82) is 0 Å². The van der Waals surface area contributed by atoms with Crippen LogP contribution in [0.15, 0.2) is 29.9 Å². The summed E-state index contributed by atoms with van der Waals surface area (Å²) < 4.78 is 10.7. The van der Waals surface area contributed by atoms with Gasteiger partial charge in [-0.15, -0.1) is 11.3 Å². The van der Waals surface area contributed by atoms with Crippen LogP contribution in [0, 0.1) is 0 Å². The molecule has 108 valence electrons. The number of methoxy groups -OCH3 is 1. The SMILES string of the molecule is COCCNCc1ccc(OCc2cncs2)c(Cl)c1. The van der Waals surface area contributed by atoms with Crippen molar-refractivity contribution in [2.75, 3.05) is 20.3 Å². The Labute approximate surface area is 127 Å². The summed E-state index contributed by atoms with van der Waals surface area (Å²) in [4.78, 5) is 5.08. The molecule has 0 radical (unpaired) electrons. The second-order valence-corrected chi connectivity index (χ2v) is 5.57. The molecule has 6 heteroatoms. The molecule has 2 aromatic rings. The summed E-state index contributed by atoms with van der Waals surface area (Å²) in [5.41, 5.74) is 2.91. The zero-order valence-corrected chi connectivity index (χ0v) is 12.8. The summed E-state index contributed by atoms with van der Waals surface area (Å²) in [6.45, 7) is 2.77. The topological polar surface area (TPSA) is 43.4 Å². The molecule has 0 spiro atoms. The Hall–Kier alpha value is -1.14. The highest BCUT2D eigenvalue weighted by Crippen LogP contribution is 2.26. The van der Waals surface area contributed by atoms with Crippen LogP contribution in [0.25, 0.3) is 0 Å². The van der Waals surface area contributed by atoms with Gasteiger partial charge in [-0.2, -0.15) is 0 Å². The van der Waals surface area contributed by atoms with E-state index in [4.69, 9.17) is 21.1 Å². The van der Waals surface area contributed by atoms with Gasteiger partial charge in [-0.3, -0.25) is 4.98 Å². The lowest BCUT2D eigenvalue weighted by atomic mass is 10.2. The molecule has 1 N–H and O–H groups in total. The van der Waals surface area contributed by atoms with Gasteiger partial charge in [-0.25, -0.2) is 0 Å². The molecule has 0 saturated carbocycles. The van der Waals surface area contributed by atoms with Crippen LogP contribution in [0.1, 0.15) is 10.4 Å². The molecule has 1 aromatic heterocycles. The number of halogens is 1. The Morgan fingerprint density at radius 2 is 2.30 bits per heavy atom. The molecule has 0 aliphatic carbocycles. The lowest BCUT2D eigenvalue weighted by molar-refractivity contribution is 0.199. The zero-order chi connectivity index (χ0) is 14.2.